The molecule has 1 aliphatic heterocycles. The Morgan fingerprint density at radius 3 is 2.48 bits per heavy atom. The molecule has 1 aliphatic rings. The standard InChI is InChI=1S/C32H29N4O12PS/c33-31(37)20-6-8-24-25(13-20)28(36(39)40)15-29-30(24)22(17-48-50(44,45)18-19-4-2-1-3-5-19)16-35(29)32(38)27-14-21-12-23(7-9-26(21)34-27)46-10-11-47-49(41,42)43/h1-9,12-15,22,34H,10-11,16-18H2,(H2,33,37)(H2,41,42,43). The first-order chi connectivity index (χ1) is 23.7. The number of nitro groups is 1. The third-order valence-electron chi connectivity index (χ3n) is 8.03. The first-order valence-electron chi connectivity index (χ1n) is 14.9. The van der Waals surface area contributed by atoms with Gasteiger partial charge in [-0.05, 0) is 52.9 Å². The van der Waals surface area contributed by atoms with Gasteiger partial charge in [-0.3, -0.25) is 28.4 Å². The van der Waals surface area contributed by atoms with Crippen molar-refractivity contribution in [2.24, 2.45) is 5.73 Å². The molecule has 2 amide bonds. The number of nitrogens with zero attached hydrogens (tertiary/aromatic N) is 2. The molecule has 18 heteroatoms. The van der Waals surface area contributed by atoms with Gasteiger partial charge < -0.3 is 30.1 Å². The Labute approximate surface area is 283 Å². The number of carbonyl (C=O) groups excluding carboxylic acids is 2. The Kier molecular flexibility index (Phi) is 9.46. The number of aromatic nitrogens is 1. The number of aromatic amines is 1. The summed E-state index contributed by atoms with van der Waals surface area (Å²) in [5, 5.41) is 13.2. The lowest BCUT2D eigenvalue weighted by atomic mass is 9.93. The maximum atomic E-state index is 14.1. The van der Waals surface area contributed by atoms with Crippen molar-refractivity contribution in [3.8, 4) is 5.75 Å². The van der Waals surface area contributed by atoms with Crippen LogP contribution in [0.15, 0.2) is 78.9 Å². The Bertz CT molecular complexity index is 2310. The number of amides is 2. The van der Waals surface area contributed by atoms with E-state index in [4.69, 9.17) is 24.4 Å². The summed E-state index contributed by atoms with van der Waals surface area (Å²) >= 11 is 0. The van der Waals surface area contributed by atoms with E-state index in [-0.39, 0.29) is 54.4 Å². The number of anilines is 1. The molecule has 16 nitrogen and oxygen atoms in total. The molecule has 50 heavy (non-hydrogen) atoms. The highest BCUT2D eigenvalue weighted by atomic mass is 32.2. The van der Waals surface area contributed by atoms with Gasteiger partial charge in [0.25, 0.3) is 21.7 Å². The largest absolute Gasteiger partial charge is 0.491 e. The van der Waals surface area contributed by atoms with E-state index in [0.717, 1.165) is 0 Å². The molecule has 1 aromatic heterocycles. The van der Waals surface area contributed by atoms with Gasteiger partial charge in [0.05, 0.1) is 29.2 Å². The SMILES string of the molecule is NC(=O)c1ccc2c3c(cc([N+](=O)[O-])c2c1)N(C(=O)c1cc2cc(OCCOP(=O)(O)O)ccc2[nH]1)CC3COS(=O)(=O)Cc1ccccc1. The fourth-order valence-corrected chi connectivity index (χ4v) is 7.26. The second kappa shape index (κ2) is 13.6. The molecule has 5 N–H and O–H groups in total. The molecule has 6 rings (SSSR count). The third-order valence-corrected chi connectivity index (χ3v) is 9.73. The molecule has 2 heterocycles. The van der Waals surface area contributed by atoms with Gasteiger partial charge >= 0.3 is 7.82 Å². The van der Waals surface area contributed by atoms with E-state index in [0.29, 0.717) is 33.2 Å². The summed E-state index contributed by atoms with van der Waals surface area (Å²) < 4.78 is 52.2. The number of carbonyl (C=O) groups is 2. The summed E-state index contributed by atoms with van der Waals surface area (Å²) in [7, 11) is -8.73. The maximum Gasteiger partial charge on any atom is 0.469 e. The second-order valence-electron chi connectivity index (χ2n) is 11.4. The van der Waals surface area contributed by atoms with Crippen molar-refractivity contribution >= 4 is 62.8 Å². The monoisotopic (exact) mass is 724 g/mol. The highest BCUT2D eigenvalue weighted by Crippen LogP contribution is 2.46. The Balaban J connectivity index is 1.34. The molecule has 0 saturated heterocycles. The van der Waals surface area contributed by atoms with Gasteiger partial charge in [-0.25, -0.2) is 4.57 Å². The van der Waals surface area contributed by atoms with Crippen LogP contribution >= 0.6 is 7.82 Å². The molecule has 4 aromatic carbocycles. The summed E-state index contributed by atoms with van der Waals surface area (Å²) in [5.41, 5.74) is 6.85. The molecular formula is C32H29N4O12PS. The van der Waals surface area contributed by atoms with Gasteiger partial charge in [0.2, 0.25) is 5.91 Å². The summed E-state index contributed by atoms with van der Waals surface area (Å²) in [6.07, 6.45) is 0. The van der Waals surface area contributed by atoms with E-state index in [1.165, 1.54) is 29.2 Å². The number of fused-ring (bicyclic) bond motifs is 4. The zero-order valence-corrected chi connectivity index (χ0v) is 27.6. The number of benzene rings is 4. The minimum atomic E-state index is -4.65. The van der Waals surface area contributed by atoms with E-state index in [9.17, 15) is 32.7 Å². The van der Waals surface area contributed by atoms with Crippen molar-refractivity contribution in [2.45, 2.75) is 11.7 Å². The Hall–Kier alpha value is -5.16. The average molecular weight is 725 g/mol. The summed E-state index contributed by atoms with van der Waals surface area (Å²) in [4.78, 5) is 59.7. The molecule has 0 spiro atoms. The lowest BCUT2D eigenvalue weighted by Gasteiger charge is -2.17. The summed E-state index contributed by atoms with van der Waals surface area (Å²) in [6.45, 7) is -0.992. The molecule has 0 fully saturated rings. The topological polar surface area (TPSA) is 242 Å². The number of hydrogen-bond donors (Lipinski definition) is 4. The molecule has 0 bridgehead atoms. The van der Waals surface area contributed by atoms with Crippen molar-refractivity contribution in [3.63, 3.8) is 0 Å². The molecule has 260 valence electrons. The van der Waals surface area contributed by atoms with E-state index < -0.39 is 46.3 Å². The van der Waals surface area contributed by atoms with E-state index in [2.05, 4.69) is 9.51 Å². The van der Waals surface area contributed by atoms with Crippen molar-refractivity contribution in [3.05, 3.63) is 111 Å². The maximum absolute atomic E-state index is 14.1. The van der Waals surface area contributed by atoms with Crippen LogP contribution in [0.4, 0.5) is 11.4 Å². The van der Waals surface area contributed by atoms with Crippen LogP contribution < -0.4 is 15.4 Å². The number of H-pyrrole nitrogens is 1. The van der Waals surface area contributed by atoms with Gasteiger partial charge in [0.15, 0.2) is 0 Å². The van der Waals surface area contributed by atoms with E-state index >= 15 is 0 Å². The molecule has 0 saturated carbocycles. The number of phosphoric ester groups is 1. The van der Waals surface area contributed by atoms with Crippen molar-refractivity contribution in [1.82, 2.24) is 4.98 Å². The van der Waals surface area contributed by atoms with Crippen LogP contribution in [-0.2, 0) is 29.1 Å². The van der Waals surface area contributed by atoms with Crippen molar-refractivity contribution in [1.29, 1.82) is 0 Å². The number of hydrogen-bond acceptors (Lipinski definition) is 10. The molecule has 0 radical (unpaired) electrons. The predicted molar refractivity (Wildman–Crippen MR) is 180 cm³/mol. The number of primary amides is 1. The van der Waals surface area contributed by atoms with Gasteiger partial charge in [0, 0.05) is 35.0 Å². The minimum Gasteiger partial charge on any atom is -0.491 e. The number of non-ortho nitro benzene ring substituents is 1. The number of phosphoric acid groups is 1. The Morgan fingerprint density at radius 2 is 1.78 bits per heavy atom. The van der Waals surface area contributed by atoms with Gasteiger partial charge in [0.1, 0.15) is 23.8 Å². The number of nitrogens with one attached hydrogen (secondary N) is 1. The summed E-state index contributed by atoms with van der Waals surface area (Å²) in [5.74, 6) is -2.18. The number of rotatable bonds is 13. The molecule has 5 aromatic rings. The second-order valence-corrected chi connectivity index (χ2v) is 14.3. The zero-order valence-electron chi connectivity index (χ0n) is 25.9. The molecular weight excluding hydrogens is 695 g/mol. The highest BCUT2D eigenvalue weighted by molar-refractivity contribution is 7.85. The van der Waals surface area contributed by atoms with E-state index in [1.54, 1.807) is 54.6 Å². The van der Waals surface area contributed by atoms with Crippen LogP contribution in [0.2, 0.25) is 0 Å². The van der Waals surface area contributed by atoms with Gasteiger partial charge in [-0.2, -0.15) is 8.42 Å². The van der Waals surface area contributed by atoms with Gasteiger partial charge in [-0.1, -0.05) is 36.4 Å². The van der Waals surface area contributed by atoms with Gasteiger partial charge in [-0.15, -0.1) is 0 Å². The zero-order chi connectivity index (χ0) is 35.8. The van der Waals surface area contributed by atoms with Crippen LogP contribution in [0.5, 0.6) is 5.75 Å². The van der Waals surface area contributed by atoms with Crippen LogP contribution in [0.3, 0.4) is 0 Å². The molecule has 0 aliphatic carbocycles. The summed E-state index contributed by atoms with van der Waals surface area (Å²) in [6, 6.07) is 20.2. The smallest absolute Gasteiger partial charge is 0.469 e. The third kappa shape index (κ3) is 7.52. The van der Waals surface area contributed by atoms with Crippen LogP contribution in [0, 0.1) is 10.1 Å². The van der Waals surface area contributed by atoms with Crippen LogP contribution in [0.1, 0.15) is 37.9 Å². The number of nitrogens with two attached hydrogens (primary N) is 1. The number of nitro benzene ring substituents is 1. The lowest BCUT2D eigenvalue weighted by molar-refractivity contribution is -0.383. The first-order valence-corrected chi connectivity index (χ1v) is 18.0. The van der Waals surface area contributed by atoms with Crippen LogP contribution in [0.25, 0.3) is 21.7 Å². The lowest BCUT2D eigenvalue weighted by Crippen LogP contribution is -2.31. The fraction of sp³-hybridized carbons (Fsp3) is 0.188. The predicted octanol–water partition coefficient (Wildman–Crippen LogP) is 4.11. The van der Waals surface area contributed by atoms with Crippen molar-refractivity contribution in [2.75, 3.05) is 31.3 Å². The molecule has 1 unspecified atom stereocenters. The van der Waals surface area contributed by atoms with E-state index in [1.807, 2.05) is 0 Å². The van der Waals surface area contributed by atoms with Crippen molar-refractivity contribution < 1.29 is 50.7 Å². The highest BCUT2D eigenvalue weighted by Gasteiger charge is 2.38. The number of ether oxygens (including phenoxy) is 1. The quantitative estimate of drug-likeness (QED) is 0.0441. The normalized spacial score (nSPS) is 14.6. The van der Waals surface area contributed by atoms with Crippen LogP contribution in [-0.4, -0.2) is 66.3 Å². The first kappa shape index (κ1) is 34.7. The molecule has 1 atom stereocenters. The average Bonchev–Trinajstić information content (AvgIpc) is 3.66. The minimum absolute atomic E-state index is 0.0282. The fourth-order valence-electron chi connectivity index (χ4n) is 5.89. The Morgan fingerprint density at radius 1 is 1.02 bits per heavy atom.